The van der Waals surface area contributed by atoms with Gasteiger partial charge in [-0.1, -0.05) is 19.9 Å². The molecule has 3 nitrogen and oxygen atoms in total. The average molecular weight is 287 g/mol. The van der Waals surface area contributed by atoms with E-state index < -0.39 is 21.9 Å². The maximum Gasteiger partial charge on any atom is 0.376 e. The summed E-state index contributed by atoms with van der Waals surface area (Å²) in [7, 11) is -1.66. The normalized spacial score (nSPS) is 13.6. The van der Waals surface area contributed by atoms with E-state index in [2.05, 4.69) is 6.58 Å². The van der Waals surface area contributed by atoms with Gasteiger partial charge in [0.25, 0.3) is 0 Å². The highest BCUT2D eigenvalue weighted by molar-refractivity contribution is 7.42. The van der Waals surface area contributed by atoms with Crippen LogP contribution in [0.1, 0.15) is 13.3 Å². The lowest BCUT2D eigenvalue weighted by atomic mass is 10.4. The molecule has 1 unspecified atom stereocenters. The minimum absolute atomic E-state index is 0.187. The first-order valence-corrected chi connectivity index (χ1v) is 11.3. The first kappa shape index (κ1) is 15.2. The quantitative estimate of drug-likeness (QED) is 0.445. The zero-order valence-electron chi connectivity index (χ0n) is 8.93. The van der Waals surface area contributed by atoms with Crippen LogP contribution in [0.5, 0.6) is 0 Å². The lowest BCUT2D eigenvalue weighted by Gasteiger charge is -2.21. The molecule has 0 amide bonds. The van der Waals surface area contributed by atoms with E-state index in [4.69, 9.17) is 31.4 Å². The van der Waals surface area contributed by atoms with Crippen LogP contribution < -0.4 is 0 Å². The van der Waals surface area contributed by atoms with Crippen LogP contribution in [0.2, 0.25) is 18.6 Å². The standard InChI is InChI=1S/C8H16Cl2O3Si2/c1-4-5-14(13-15(3,9)10)6-7(2)8(11)12/h14H,2,4-6H2,1,3H3,(H,11,12). The Labute approximate surface area is 102 Å². The van der Waals surface area contributed by atoms with E-state index in [9.17, 15) is 4.79 Å². The highest BCUT2D eigenvalue weighted by Crippen LogP contribution is 2.22. The maximum atomic E-state index is 10.6. The third-order valence-corrected chi connectivity index (χ3v) is 8.52. The van der Waals surface area contributed by atoms with Gasteiger partial charge in [-0.25, -0.2) is 4.79 Å². The number of halogens is 2. The van der Waals surface area contributed by atoms with Crippen molar-refractivity contribution in [2.24, 2.45) is 0 Å². The molecule has 0 aromatic rings. The first-order chi connectivity index (χ1) is 6.76. The summed E-state index contributed by atoms with van der Waals surface area (Å²) >= 11 is 11.7. The Balaban J connectivity index is 4.28. The Bertz CT molecular complexity index is 241. The summed E-state index contributed by atoms with van der Waals surface area (Å²) in [5.74, 6) is -0.972. The van der Waals surface area contributed by atoms with Crippen molar-refractivity contribution in [1.82, 2.24) is 0 Å². The SMILES string of the molecule is C=C(C[SiH](CCC)O[Si](C)(Cl)Cl)C(=O)O. The van der Waals surface area contributed by atoms with Gasteiger partial charge < -0.3 is 9.22 Å². The van der Waals surface area contributed by atoms with E-state index in [0.717, 1.165) is 12.5 Å². The van der Waals surface area contributed by atoms with Crippen LogP contribution in [0, 0.1) is 0 Å². The minimum atomic E-state index is -2.59. The summed E-state index contributed by atoms with van der Waals surface area (Å²) in [5.41, 5.74) is 0.187. The highest BCUT2D eigenvalue weighted by atomic mass is 35.7. The number of carbonyl (C=O) groups is 1. The fourth-order valence-corrected chi connectivity index (χ4v) is 8.17. The van der Waals surface area contributed by atoms with Crippen LogP contribution in [0.25, 0.3) is 0 Å². The number of carboxylic acids is 1. The number of hydrogen-bond acceptors (Lipinski definition) is 2. The van der Waals surface area contributed by atoms with E-state index in [1.165, 1.54) is 0 Å². The largest absolute Gasteiger partial charge is 0.478 e. The number of hydrogen-bond donors (Lipinski definition) is 1. The van der Waals surface area contributed by atoms with Crippen molar-refractivity contribution in [2.45, 2.75) is 32.0 Å². The van der Waals surface area contributed by atoms with Crippen molar-refractivity contribution in [3.63, 3.8) is 0 Å². The zero-order valence-corrected chi connectivity index (χ0v) is 12.6. The molecule has 0 bridgehead atoms. The smallest absolute Gasteiger partial charge is 0.376 e. The van der Waals surface area contributed by atoms with Crippen molar-refractivity contribution in [1.29, 1.82) is 0 Å². The molecule has 0 fully saturated rings. The summed E-state index contributed by atoms with van der Waals surface area (Å²) in [5, 5.41) is 8.71. The molecule has 0 heterocycles. The second-order valence-electron chi connectivity index (χ2n) is 3.45. The zero-order chi connectivity index (χ0) is 12.1. The molecule has 0 saturated carbocycles. The van der Waals surface area contributed by atoms with Gasteiger partial charge in [0.15, 0.2) is 9.04 Å². The Morgan fingerprint density at radius 2 is 2.13 bits per heavy atom. The monoisotopic (exact) mass is 286 g/mol. The number of carboxylic acid groups (broad SMARTS) is 1. The Morgan fingerprint density at radius 1 is 1.60 bits per heavy atom. The van der Waals surface area contributed by atoms with Crippen molar-refractivity contribution >= 4 is 44.1 Å². The molecular weight excluding hydrogens is 271 g/mol. The fraction of sp³-hybridized carbons (Fsp3) is 0.625. The second kappa shape index (κ2) is 6.70. The van der Waals surface area contributed by atoms with Gasteiger partial charge in [-0.3, -0.25) is 0 Å². The molecule has 0 rings (SSSR count). The van der Waals surface area contributed by atoms with Crippen LogP contribution in [0.15, 0.2) is 12.2 Å². The van der Waals surface area contributed by atoms with E-state index in [1.807, 2.05) is 6.92 Å². The van der Waals surface area contributed by atoms with E-state index in [1.54, 1.807) is 6.55 Å². The molecule has 0 spiro atoms. The molecule has 7 heteroatoms. The number of aliphatic carboxylic acids is 1. The molecule has 1 atom stereocenters. The topological polar surface area (TPSA) is 46.5 Å². The summed E-state index contributed by atoms with van der Waals surface area (Å²) in [4.78, 5) is 10.6. The van der Waals surface area contributed by atoms with Gasteiger partial charge in [0, 0.05) is 5.57 Å². The van der Waals surface area contributed by atoms with E-state index >= 15 is 0 Å². The lowest BCUT2D eigenvalue weighted by Crippen LogP contribution is -2.31. The predicted octanol–water partition coefficient (Wildman–Crippen LogP) is 2.82. The molecule has 0 aromatic carbocycles. The Kier molecular flexibility index (Phi) is 6.78. The summed E-state index contributed by atoms with van der Waals surface area (Å²) < 4.78 is 5.58. The third kappa shape index (κ3) is 8.04. The lowest BCUT2D eigenvalue weighted by molar-refractivity contribution is -0.132. The van der Waals surface area contributed by atoms with Gasteiger partial charge in [0.05, 0.1) is 0 Å². The van der Waals surface area contributed by atoms with Gasteiger partial charge in [-0.15, -0.1) is 22.2 Å². The maximum absolute atomic E-state index is 10.6. The van der Waals surface area contributed by atoms with Gasteiger partial charge in [0.1, 0.15) is 0 Å². The molecule has 0 saturated heterocycles. The third-order valence-electron chi connectivity index (χ3n) is 1.76. The van der Waals surface area contributed by atoms with Gasteiger partial charge >= 0.3 is 12.9 Å². The van der Waals surface area contributed by atoms with Crippen LogP contribution in [-0.4, -0.2) is 27.1 Å². The molecule has 15 heavy (non-hydrogen) atoms. The van der Waals surface area contributed by atoms with Crippen LogP contribution in [0.3, 0.4) is 0 Å². The molecule has 0 aliphatic heterocycles. The second-order valence-corrected chi connectivity index (χ2v) is 13.1. The summed E-state index contributed by atoms with van der Waals surface area (Å²) in [6.07, 6.45) is 0.946. The molecule has 0 aromatic heterocycles. The molecule has 0 aliphatic rings. The highest BCUT2D eigenvalue weighted by Gasteiger charge is 2.28. The average Bonchev–Trinajstić information content (AvgIpc) is 2.00. The van der Waals surface area contributed by atoms with Crippen molar-refractivity contribution in [2.75, 3.05) is 0 Å². The Hall–Kier alpha value is 0.184. The van der Waals surface area contributed by atoms with Gasteiger partial charge in [-0.2, -0.15) is 0 Å². The van der Waals surface area contributed by atoms with Crippen LogP contribution in [0.4, 0.5) is 0 Å². The summed E-state index contributed by atoms with van der Waals surface area (Å²) in [6.45, 7) is 4.60. The van der Waals surface area contributed by atoms with E-state index in [0.29, 0.717) is 6.04 Å². The molecule has 0 radical (unpaired) electrons. The first-order valence-electron chi connectivity index (χ1n) is 4.73. The minimum Gasteiger partial charge on any atom is -0.478 e. The van der Waals surface area contributed by atoms with Crippen LogP contribution in [-0.2, 0) is 8.91 Å². The summed E-state index contributed by atoms with van der Waals surface area (Å²) in [6, 6.07) is 1.28. The van der Waals surface area contributed by atoms with Gasteiger partial charge in [0.2, 0.25) is 0 Å². The molecule has 1 N–H and O–H groups in total. The van der Waals surface area contributed by atoms with Crippen molar-refractivity contribution in [3.8, 4) is 0 Å². The van der Waals surface area contributed by atoms with Crippen molar-refractivity contribution in [3.05, 3.63) is 12.2 Å². The molecule has 88 valence electrons. The van der Waals surface area contributed by atoms with Gasteiger partial charge in [-0.05, 0) is 18.6 Å². The predicted molar refractivity (Wildman–Crippen MR) is 68.2 cm³/mol. The van der Waals surface area contributed by atoms with Crippen molar-refractivity contribution < 1.29 is 14.0 Å². The fourth-order valence-electron chi connectivity index (χ4n) is 1.18. The molecule has 0 aliphatic carbocycles. The number of rotatable bonds is 7. The van der Waals surface area contributed by atoms with Crippen LogP contribution >= 0.6 is 22.2 Å². The Morgan fingerprint density at radius 3 is 2.47 bits per heavy atom. The molecular formula is C8H16Cl2O3Si2. The van der Waals surface area contributed by atoms with E-state index in [-0.39, 0.29) is 5.57 Å².